The van der Waals surface area contributed by atoms with E-state index in [0.717, 1.165) is 24.5 Å². The minimum absolute atomic E-state index is 0.0607. The maximum Gasteiger partial charge on any atom is 0.261 e. The van der Waals surface area contributed by atoms with Crippen LogP contribution in [0.1, 0.15) is 28.8 Å². The van der Waals surface area contributed by atoms with Gasteiger partial charge in [-0.15, -0.1) is 0 Å². The van der Waals surface area contributed by atoms with E-state index in [4.69, 9.17) is 29.4 Å². The number of aryl methyl sites for hydroxylation is 1. The van der Waals surface area contributed by atoms with Crippen LogP contribution in [0.25, 0.3) is 33.4 Å². The summed E-state index contributed by atoms with van der Waals surface area (Å²) in [6.45, 7) is 5.34. The fourth-order valence-corrected chi connectivity index (χ4v) is 6.80. The van der Waals surface area contributed by atoms with Gasteiger partial charge in [0.1, 0.15) is 35.7 Å². The highest BCUT2D eigenvalue weighted by Gasteiger charge is 2.22. The second kappa shape index (κ2) is 16.8. The van der Waals surface area contributed by atoms with Gasteiger partial charge in [-0.05, 0) is 79.3 Å². The van der Waals surface area contributed by atoms with E-state index in [1.54, 1.807) is 48.1 Å². The zero-order valence-corrected chi connectivity index (χ0v) is 30.6. The number of nitrogen functional groups attached to an aromatic ring is 1. The number of methoxy groups -OCH3 is 1. The zero-order chi connectivity index (χ0) is 38.5. The van der Waals surface area contributed by atoms with E-state index in [1.807, 2.05) is 6.07 Å². The Morgan fingerprint density at radius 1 is 0.891 bits per heavy atom. The molecule has 2 aliphatic heterocycles. The number of benzene rings is 3. The van der Waals surface area contributed by atoms with Crippen LogP contribution in [0.4, 0.5) is 20.3 Å². The van der Waals surface area contributed by atoms with Crippen LogP contribution in [0, 0.1) is 24.5 Å². The first-order chi connectivity index (χ1) is 26.7. The molecule has 2 fully saturated rings. The van der Waals surface area contributed by atoms with Crippen molar-refractivity contribution >= 4 is 17.4 Å². The molecule has 4 heterocycles. The monoisotopic (exact) mass is 752 g/mol. The second-order valence-electron chi connectivity index (χ2n) is 13.7. The number of aromatic nitrogens is 2. The summed E-state index contributed by atoms with van der Waals surface area (Å²) in [6, 6.07) is 15.9. The van der Waals surface area contributed by atoms with Crippen molar-refractivity contribution in [3.63, 3.8) is 0 Å². The molecule has 55 heavy (non-hydrogen) atoms. The van der Waals surface area contributed by atoms with Crippen molar-refractivity contribution in [3.05, 3.63) is 112 Å². The summed E-state index contributed by atoms with van der Waals surface area (Å²) >= 11 is 0. The number of nitrogens with one attached hydrogen (secondary N) is 1. The highest BCUT2D eigenvalue weighted by molar-refractivity contribution is 6.04. The maximum absolute atomic E-state index is 15.9. The van der Waals surface area contributed by atoms with Crippen LogP contribution in [0.15, 0.2) is 84.0 Å². The molecule has 2 aromatic heterocycles. The molecule has 0 bridgehead atoms. The van der Waals surface area contributed by atoms with Crippen LogP contribution in [-0.2, 0) is 20.8 Å². The van der Waals surface area contributed by atoms with E-state index in [0.29, 0.717) is 74.4 Å². The van der Waals surface area contributed by atoms with Crippen LogP contribution < -0.4 is 26.0 Å². The molecular formula is C42H42F2N4O7. The summed E-state index contributed by atoms with van der Waals surface area (Å²) in [6.07, 6.45) is 6.10. The lowest BCUT2D eigenvalue weighted by Gasteiger charge is -2.23. The molecule has 286 valence electrons. The molecule has 13 heteroatoms. The summed E-state index contributed by atoms with van der Waals surface area (Å²) in [5.41, 5.74) is 8.25. The van der Waals surface area contributed by atoms with Crippen molar-refractivity contribution in [2.45, 2.75) is 32.4 Å². The fourth-order valence-electron chi connectivity index (χ4n) is 6.80. The molecule has 0 saturated carbocycles. The van der Waals surface area contributed by atoms with Crippen LogP contribution in [-0.4, -0.2) is 68.3 Å². The van der Waals surface area contributed by atoms with E-state index in [2.05, 4.69) is 10.3 Å². The average molecular weight is 753 g/mol. The van der Waals surface area contributed by atoms with Crippen LogP contribution in [0.2, 0.25) is 0 Å². The lowest BCUT2D eigenvalue weighted by Crippen LogP contribution is -2.33. The van der Waals surface area contributed by atoms with Crippen molar-refractivity contribution in [1.29, 1.82) is 0 Å². The number of nitrogens with zero attached hydrogens (tertiary/aromatic N) is 2. The van der Waals surface area contributed by atoms with Crippen molar-refractivity contribution in [2.75, 3.05) is 57.8 Å². The molecule has 7 rings (SSSR count). The lowest BCUT2D eigenvalue weighted by molar-refractivity contribution is -0.101. The van der Waals surface area contributed by atoms with Gasteiger partial charge in [0.15, 0.2) is 11.5 Å². The number of nitrogens with two attached hydrogens (primary N) is 1. The van der Waals surface area contributed by atoms with Crippen molar-refractivity contribution in [1.82, 2.24) is 9.55 Å². The van der Waals surface area contributed by atoms with Gasteiger partial charge < -0.3 is 39.3 Å². The Bertz CT molecular complexity index is 2250. The molecule has 11 nitrogen and oxygen atoms in total. The first kappa shape index (κ1) is 37.7. The molecule has 5 aromatic rings. The summed E-state index contributed by atoms with van der Waals surface area (Å²) in [7, 11) is 1.54. The third-order valence-corrected chi connectivity index (χ3v) is 9.79. The van der Waals surface area contributed by atoms with Gasteiger partial charge in [-0.25, -0.2) is 13.8 Å². The normalized spacial score (nSPS) is 16.1. The van der Waals surface area contributed by atoms with Gasteiger partial charge in [-0.1, -0.05) is 18.2 Å². The number of carbonyl (C=O) groups excluding carboxylic acids is 1. The van der Waals surface area contributed by atoms with Gasteiger partial charge in [0.25, 0.3) is 5.91 Å². The standard InChI is InChI=1S/C42H42F2N4O7/c1-25-3-6-32(36(43)15-25)34-21-48(20-26-9-11-52-12-10-26)22-35(40(34)49)42(50)47-29-5-7-31(37(44)18-29)33-16-28(19-46-41(33)45)27-4-8-38(39(17-27)51-2)55-24-30-23-53-13-14-54-30/h3-8,15-19,21-22,26,30H,9-14,20,23-24H2,1-2H3,(H2,45,46)(H,47,50). The van der Waals surface area contributed by atoms with Crippen molar-refractivity contribution < 1.29 is 37.3 Å². The Balaban J connectivity index is 1.13. The minimum atomic E-state index is -0.753. The molecule has 1 unspecified atom stereocenters. The smallest absolute Gasteiger partial charge is 0.261 e. The molecular weight excluding hydrogens is 710 g/mol. The molecule has 3 aromatic carbocycles. The van der Waals surface area contributed by atoms with E-state index < -0.39 is 23.0 Å². The second-order valence-corrected chi connectivity index (χ2v) is 13.7. The van der Waals surface area contributed by atoms with Gasteiger partial charge >= 0.3 is 0 Å². The van der Waals surface area contributed by atoms with E-state index in [9.17, 15) is 9.59 Å². The highest BCUT2D eigenvalue weighted by atomic mass is 19.1. The number of pyridine rings is 2. The first-order valence-corrected chi connectivity index (χ1v) is 18.1. The Kier molecular flexibility index (Phi) is 11.5. The largest absolute Gasteiger partial charge is 0.493 e. The Morgan fingerprint density at radius 3 is 2.42 bits per heavy atom. The molecule has 0 radical (unpaired) electrons. The number of rotatable bonds is 11. The number of hydrogen-bond donors (Lipinski definition) is 2. The van der Waals surface area contributed by atoms with Gasteiger partial charge in [-0.2, -0.15) is 0 Å². The number of carbonyl (C=O) groups is 1. The van der Waals surface area contributed by atoms with E-state index >= 15 is 8.78 Å². The molecule has 2 aliphatic rings. The predicted octanol–water partition coefficient (Wildman–Crippen LogP) is 6.89. The lowest BCUT2D eigenvalue weighted by atomic mass is 9.99. The van der Waals surface area contributed by atoms with Crippen molar-refractivity contribution in [3.8, 4) is 44.9 Å². The van der Waals surface area contributed by atoms with Crippen LogP contribution in [0.3, 0.4) is 0 Å². The number of anilines is 2. The van der Waals surface area contributed by atoms with Crippen LogP contribution in [0.5, 0.6) is 11.5 Å². The minimum Gasteiger partial charge on any atom is -0.493 e. The molecule has 0 aliphatic carbocycles. The molecule has 2 saturated heterocycles. The summed E-state index contributed by atoms with van der Waals surface area (Å²) in [5, 5.41) is 2.66. The number of halogens is 2. The topological polar surface area (TPSA) is 136 Å². The molecule has 1 atom stereocenters. The molecule has 1 amide bonds. The average Bonchev–Trinajstić information content (AvgIpc) is 3.19. The van der Waals surface area contributed by atoms with Crippen molar-refractivity contribution in [2.24, 2.45) is 5.92 Å². The summed E-state index contributed by atoms with van der Waals surface area (Å²) < 4.78 is 60.9. The third-order valence-electron chi connectivity index (χ3n) is 9.79. The Labute approximate surface area is 317 Å². The van der Waals surface area contributed by atoms with Gasteiger partial charge in [-0.3, -0.25) is 9.59 Å². The van der Waals surface area contributed by atoms with E-state index in [-0.39, 0.29) is 45.8 Å². The van der Waals surface area contributed by atoms with Gasteiger partial charge in [0, 0.05) is 71.9 Å². The summed E-state index contributed by atoms with van der Waals surface area (Å²) in [5.74, 6) is -0.621. The van der Waals surface area contributed by atoms with E-state index in [1.165, 1.54) is 37.6 Å². The van der Waals surface area contributed by atoms with Crippen LogP contribution >= 0.6 is 0 Å². The van der Waals surface area contributed by atoms with Gasteiger partial charge in [0.2, 0.25) is 5.43 Å². The Hall–Kier alpha value is -5.63. The Morgan fingerprint density at radius 2 is 1.67 bits per heavy atom. The summed E-state index contributed by atoms with van der Waals surface area (Å²) in [4.78, 5) is 31.8. The fraction of sp³-hybridized carbons (Fsp3) is 0.310. The number of ether oxygens (including phenoxy) is 5. The maximum atomic E-state index is 15.9. The highest BCUT2D eigenvalue weighted by Crippen LogP contribution is 2.36. The molecule has 0 spiro atoms. The SMILES string of the molecule is COc1cc(-c2cnc(N)c(-c3ccc(NC(=O)c4cn(CC5CCOCC5)cc(-c5ccc(C)cc5F)c4=O)cc3F)c2)ccc1OCC1COCCO1. The third kappa shape index (κ3) is 8.69. The quantitative estimate of drug-likeness (QED) is 0.148. The first-order valence-electron chi connectivity index (χ1n) is 18.1. The predicted molar refractivity (Wildman–Crippen MR) is 204 cm³/mol. The zero-order valence-electron chi connectivity index (χ0n) is 30.6. The molecule has 3 N–H and O–H groups in total. The number of amides is 1. The van der Waals surface area contributed by atoms with Gasteiger partial charge in [0.05, 0.1) is 26.9 Å². The number of hydrogen-bond acceptors (Lipinski definition) is 9.